The molecule has 5 heteroatoms. The van der Waals surface area contributed by atoms with Gasteiger partial charge in [-0.2, -0.15) is 0 Å². The highest BCUT2D eigenvalue weighted by molar-refractivity contribution is 5.81. The molecular formula is C26H27N3O2. The Morgan fingerprint density at radius 2 is 1.84 bits per heavy atom. The molecule has 158 valence electrons. The van der Waals surface area contributed by atoms with Crippen molar-refractivity contribution in [2.45, 2.75) is 26.4 Å². The SMILES string of the molecule is CCCNCCc1ccc2cc(-n3ccc(OCc4ccccc4)cc3=O)ccc2n1. The van der Waals surface area contributed by atoms with Crippen LogP contribution in [0.4, 0.5) is 0 Å². The number of rotatable bonds is 9. The molecule has 0 atom stereocenters. The molecule has 2 aromatic carbocycles. The lowest BCUT2D eigenvalue weighted by Gasteiger charge is -2.10. The Bertz CT molecular complexity index is 1200. The highest BCUT2D eigenvalue weighted by atomic mass is 16.5. The standard InChI is InChI=1S/C26H27N3O2/c1-2-14-27-15-12-22-9-8-21-17-23(10-11-25(21)28-22)29-16-13-24(18-26(29)30)31-19-20-6-4-3-5-7-20/h3-11,13,16-18,27H,2,12,14-15,19H2,1H3. The Balaban J connectivity index is 1.48. The molecule has 31 heavy (non-hydrogen) atoms. The van der Waals surface area contributed by atoms with E-state index in [-0.39, 0.29) is 5.56 Å². The Morgan fingerprint density at radius 3 is 2.65 bits per heavy atom. The molecule has 0 aliphatic carbocycles. The van der Waals surface area contributed by atoms with Gasteiger partial charge in [0.2, 0.25) is 0 Å². The van der Waals surface area contributed by atoms with Gasteiger partial charge in [-0.25, -0.2) is 0 Å². The van der Waals surface area contributed by atoms with E-state index in [4.69, 9.17) is 9.72 Å². The molecule has 0 radical (unpaired) electrons. The number of nitrogens with one attached hydrogen (secondary N) is 1. The van der Waals surface area contributed by atoms with Crippen molar-refractivity contribution in [2.24, 2.45) is 0 Å². The zero-order valence-corrected chi connectivity index (χ0v) is 17.8. The Hall–Kier alpha value is -3.44. The number of benzene rings is 2. The van der Waals surface area contributed by atoms with Gasteiger partial charge in [0, 0.05) is 42.0 Å². The number of ether oxygens (including phenoxy) is 1. The number of pyridine rings is 2. The number of fused-ring (bicyclic) bond motifs is 1. The Morgan fingerprint density at radius 1 is 0.968 bits per heavy atom. The van der Waals surface area contributed by atoms with Crippen LogP contribution in [0, 0.1) is 0 Å². The summed E-state index contributed by atoms with van der Waals surface area (Å²) in [5.41, 5.74) is 3.76. The lowest BCUT2D eigenvalue weighted by Crippen LogP contribution is -2.18. The normalized spacial score (nSPS) is 11.0. The van der Waals surface area contributed by atoms with E-state index in [1.54, 1.807) is 10.8 Å². The lowest BCUT2D eigenvalue weighted by atomic mass is 10.1. The van der Waals surface area contributed by atoms with Gasteiger partial charge in [-0.1, -0.05) is 43.3 Å². The quantitative estimate of drug-likeness (QED) is 0.410. The molecule has 0 spiro atoms. The molecule has 2 aromatic heterocycles. The molecule has 0 amide bonds. The van der Waals surface area contributed by atoms with Gasteiger partial charge in [-0.3, -0.25) is 14.3 Å². The largest absolute Gasteiger partial charge is 0.489 e. The summed E-state index contributed by atoms with van der Waals surface area (Å²) in [6.45, 7) is 4.55. The first-order valence-electron chi connectivity index (χ1n) is 10.7. The fraction of sp³-hybridized carbons (Fsp3) is 0.231. The summed E-state index contributed by atoms with van der Waals surface area (Å²) in [6.07, 6.45) is 3.79. The van der Waals surface area contributed by atoms with E-state index in [2.05, 4.69) is 24.4 Å². The van der Waals surface area contributed by atoms with Gasteiger partial charge < -0.3 is 10.1 Å². The van der Waals surface area contributed by atoms with Crippen LogP contribution in [-0.4, -0.2) is 22.6 Å². The first-order valence-corrected chi connectivity index (χ1v) is 10.7. The number of aromatic nitrogens is 2. The smallest absolute Gasteiger partial charge is 0.258 e. The van der Waals surface area contributed by atoms with Crippen LogP contribution in [0.25, 0.3) is 16.6 Å². The zero-order chi connectivity index (χ0) is 21.5. The van der Waals surface area contributed by atoms with E-state index >= 15 is 0 Å². The minimum absolute atomic E-state index is 0.128. The van der Waals surface area contributed by atoms with Gasteiger partial charge in [-0.05, 0) is 48.9 Å². The molecule has 0 unspecified atom stereocenters. The summed E-state index contributed by atoms with van der Waals surface area (Å²) in [5, 5.41) is 4.42. The topological polar surface area (TPSA) is 56.2 Å². The second kappa shape index (κ2) is 10.0. The molecule has 0 fully saturated rings. The van der Waals surface area contributed by atoms with E-state index in [1.807, 2.05) is 54.6 Å². The monoisotopic (exact) mass is 413 g/mol. The van der Waals surface area contributed by atoms with Gasteiger partial charge in [0.25, 0.3) is 5.56 Å². The van der Waals surface area contributed by atoms with Crippen molar-refractivity contribution in [1.82, 2.24) is 14.9 Å². The predicted molar refractivity (Wildman–Crippen MR) is 125 cm³/mol. The zero-order valence-electron chi connectivity index (χ0n) is 17.8. The minimum Gasteiger partial charge on any atom is -0.489 e. The molecule has 0 saturated heterocycles. The van der Waals surface area contributed by atoms with E-state index < -0.39 is 0 Å². The van der Waals surface area contributed by atoms with Crippen LogP contribution in [-0.2, 0) is 13.0 Å². The first kappa shape index (κ1) is 20.8. The lowest BCUT2D eigenvalue weighted by molar-refractivity contribution is 0.305. The van der Waals surface area contributed by atoms with Gasteiger partial charge >= 0.3 is 0 Å². The molecule has 4 aromatic rings. The molecule has 0 saturated carbocycles. The summed E-state index contributed by atoms with van der Waals surface area (Å²) in [7, 11) is 0. The van der Waals surface area contributed by atoms with Gasteiger partial charge in [0.15, 0.2) is 0 Å². The van der Waals surface area contributed by atoms with Crippen molar-refractivity contribution in [3.63, 3.8) is 0 Å². The maximum atomic E-state index is 12.7. The third-order valence-electron chi connectivity index (χ3n) is 5.13. The fourth-order valence-corrected chi connectivity index (χ4v) is 3.47. The van der Waals surface area contributed by atoms with Crippen LogP contribution in [0.5, 0.6) is 5.75 Å². The van der Waals surface area contributed by atoms with Crippen LogP contribution < -0.4 is 15.6 Å². The van der Waals surface area contributed by atoms with Crippen molar-refractivity contribution in [1.29, 1.82) is 0 Å². The first-order chi connectivity index (χ1) is 15.2. The molecule has 5 nitrogen and oxygen atoms in total. The minimum atomic E-state index is -0.128. The summed E-state index contributed by atoms with van der Waals surface area (Å²) in [4.78, 5) is 17.4. The molecule has 2 heterocycles. The van der Waals surface area contributed by atoms with Crippen LogP contribution >= 0.6 is 0 Å². The summed E-state index contributed by atoms with van der Waals surface area (Å²) in [6, 6.07) is 23.3. The van der Waals surface area contributed by atoms with Gasteiger partial charge in [0.1, 0.15) is 12.4 Å². The molecule has 1 N–H and O–H groups in total. The van der Waals surface area contributed by atoms with Crippen molar-refractivity contribution in [3.8, 4) is 11.4 Å². The summed E-state index contributed by atoms with van der Waals surface area (Å²) in [5.74, 6) is 0.564. The molecule has 4 rings (SSSR count). The van der Waals surface area contributed by atoms with Crippen molar-refractivity contribution >= 4 is 10.9 Å². The van der Waals surface area contributed by atoms with Gasteiger partial charge in [0.05, 0.1) is 5.52 Å². The highest BCUT2D eigenvalue weighted by Gasteiger charge is 2.05. The highest BCUT2D eigenvalue weighted by Crippen LogP contribution is 2.18. The number of hydrogen-bond donors (Lipinski definition) is 1. The molecule has 0 bridgehead atoms. The number of nitrogens with zero attached hydrogens (tertiary/aromatic N) is 2. The fourth-order valence-electron chi connectivity index (χ4n) is 3.47. The van der Waals surface area contributed by atoms with Crippen molar-refractivity contribution in [2.75, 3.05) is 13.1 Å². The van der Waals surface area contributed by atoms with E-state index in [9.17, 15) is 4.79 Å². The molecular weight excluding hydrogens is 386 g/mol. The van der Waals surface area contributed by atoms with Crippen LogP contribution in [0.2, 0.25) is 0 Å². The maximum Gasteiger partial charge on any atom is 0.258 e. The third kappa shape index (κ3) is 5.38. The van der Waals surface area contributed by atoms with Crippen LogP contribution in [0.3, 0.4) is 0 Å². The third-order valence-corrected chi connectivity index (χ3v) is 5.13. The molecule has 0 aliphatic heterocycles. The van der Waals surface area contributed by atoms with Crippen molar-refractivity contribution in [3.05, 3.63) is 101 Å². The van der Waals surface area contributed by atoms with E-state index in [0.717, 1.165) is 53.8 Å². The second-order valence-electron chi connectivity index (χ2n) is 7.52. The average Bonchev–Trinajstić information content (AvgIpc) is 2.81. The van der Waals surface area contributed by atoms with Crippen LogP contribution in [0.1, 0.15) is 24.6 Å². The molecule has 0 aliphatic rings. The number of hydrogen-bond acceptors (Lipinski definition) is 4. The Kier molecular flexibility index (Phi) is 6.75. The van der Waals surface area contributed by atoms with Crippen molar-refractivity contribution < 1.29 is 4.74 Å². The predicted octanol–water partition coefficient (Wildman–Crippen LogP) is 4.51. The average molecular weight is 414 g/mol. The van der Waals surface area contributed by atoms with E-state index in [0.29, 0.717) is 12.4 Å². The Labute approximate surface area is 182 Å². The summed E-state index contributed by atoms with van der Waals surface area (Å²) >= 11 is 0. The second-order valence-corrected chi connectivity index (χ2v) is 7.52. The summed E-state index contributed by atoms with van der Waals surface area (Å²) < 4.78 is 7.39. The van der Waals surface area contributed by atoms with Gasteiger partial charge in [-0.15, -0.1) is 0 Å². The van der Waals surface area contributed by atoms with E-state index in [1.165, 1.54) is 6.07 Å². The van der Waals surface area contributed by atoms with Crippen LogP contribution in [0.15, 0.2) is 83.8 Å². The maximum absolute atomic E-state index is 12.7.